The van der Waals surface area contributed by atoms with Crippen LogP contribution in [0.15, 0.2) is 24.3 Å². The number of para-hydroxylation sites is 1. The lowest BCUT2D eigenvalue weighted by molar-refractivity contribution is -0.0507. The summed E-state index contributed by atoms with van der Waals surface area (Å²) in [6.07, 6.45) is 0.873. The van der Waals surface area contributed by atoms with E-state index >= 15 is 0 Å². The fraction of sp³-hybridized carbons (Fsp3) is 0.462. The van der Waals surface area contributed by atoms with Gasteiger partial charge in [0, 0.05) is 39.1 Å². The van der Waals surface area contributed by atoms with Gasteiger partial charge in [-0.25, -0.2) is 0 Å². The van der Waals surface area contributed by atoms with Gasteiger partial charge in [-0.2, -0.15) is 5.10 Å². The maximum absolute atomic E-state index is 5.62. The molecule has 3 rings (SSSR count). The number of hydrogen-bond donors (Lipinski definition) is 1. The summed E-state index contributed by atoms with van der Waals surface area (Å²) in [5.74, 6) is 0. The van der Waals surface area contributed by atoms with E-state index < -0.39 is 0 Å². The second-order valence-corrected chi connectivity index (χ2v) is 4.75. The Morgan fingerprint density at radius 2 is 2.18 bits per heavy atom. The predicted molar refractivity (Wildman–Crippen MR) is 67.0 cm³/mol. The summed E-state index contributed by atoms with van der Waals surface area (Å²) in [7, 11) is 3.77. The number of hydrogen-bond acceptors (Lipinski definition) is 3. The third kappa shape index (κ3) is 1.64. The zero-order valence-corrected chi connectivity index (χ0v) is 10.2. The van der Waals surface area contributed by atoms with Crippen LogP contribution in [-0.2, 0) is 18.2 Å². The molecule has 1 aliphatic rings. The lowest BCUT2D eigenvalue weighted by Gasteiger charge is -2.40. The van der Waals surface area contributed by atoms with Gasteiger partial charge in [-0.3, -0.25) is 4.68 Å². The Hall–Kier alpha value is -1.39. The minimum absolute atomic E-state index is 0.0584. The first-order valence-electron chi connectivity index (χ1n) is 5.91. The molecule has 0 atom stereocenters. The van der Waals surface area contributed by atoms with Crippen molar-refractivity contribution in [2.45, 2.75) is 12.0 Å². The molecular weight excluding hydrogens is 214 g/mol. The van der Waals surface area contributed by atoms with Crippen molar-refractivity contribution in [2.75, 3.05) is 20.2 Å². The molecule has 1 saturated heterocycles. The number of methoxy groups -OCH3 is 1. The molecule has 0 aliphatic carbocycles. The highest BCUT2D eigenvalue weighted by Crippen LogP contribution is 2.25. The quantitative estimate of drug-likeness (QED) is 0.860. The van der Waals surface area contributed by atoms with Gasteiger partial charge in [0.1, 0.15) is 0 Å². The first-order chi connectivity index (χ1) is 8.24. The van der Waals surface area contributed by atoms with Gasteiger partial charge in [-0.1, -0.05) is 18.2 Å². The molecule has 1 aromatic carbocycles. The van der Waals surface area contributed by atoms with Gasteiger partial charge in [-0.05, 0) is 6.07 Å². The molecule has 90 valence electrons. The fourth-order valence-corrected chi connectivity index (χ4v) is 2.47. The summed E-state index contributed by atoms with van der Waals surface area (Å²) in [5.41, 5.74) is 2.25. The average molecular weight is 231 g/mol. The van der Waals surface area contributed by atoms with E-state index in [0.717, 1.165) is 25.2 Å². The van der Waals surface area contributed by atoms with Crippen LogP contribution in [0.1, 0.15) is 5.69 Å². The van der Waals surface area contributed by atoms with E-state index in [0.29, 0.717) is 0 Å². The average Bonchev–Trinajstić information content (AvgIpc) is 2.62. The molecule has 17 heavy (non-hydrogen) atoms. The van der Waals surface area contributed by atoms with Crippen molar-refractivity contribution in [1.82, 2.24) is 15.1 Å². The van der Waals surface area contributed by atoms with Crippen molar-refractivity contribution >= 4 is 10.9 Å². The zero-order valence-electron chi connectivity index (χ0n) is 10.2. The Morgan fingerprint density at radius 3 is 2.82 bits per heavy atom. The van der Waals surface area contributed by atoms with Crippen LogP contribution in [0.25, 0.3) is 10.9 Å². The normalized spacial score (nSPS) is 18.2. The van der Waals surface area contributed by atoms with Crippen LogP contribution in [0.5, 0.6) is 0 Å². The van der Waals surface area contributed by atoms with Crippen LogP contribution in [0, 0.1) is 0 Å². The topological polar surface area (TPSA) is 39.1 Å². The smallest absolute Gasteiger partial charge is 0.0981 e. The molecule has 1 aromatic heterocycles. The molecule has 1 aliphatic heterocycles. The highest BCUT2D eigenvalue weighted by molar-refractivity contribution is 5.82. The fourth-order valence-electron chi connectivity index (χ4n) is 2.47. The lowest BCUT2D eigenvalue weighted by Crippen LogP contribution is -2.61. The summed E-state index contributed by atoms with van der Waals surface area (Å²) >= 11 is 0. The van der Waals surface area contributed by atoms with Gasteiger partial charge in [0.25, 0.3) is 0 Å². The minimum atomic E-state index is -0.0584. The number of nitrogens with zero attached hydrogens (tertiary/aromatic N) is 2. The van der Waals surface area contributed by atoms with Gasteiger partial charge >= 0.3 is 0 Å². The SMILES string of the molecule is COC1(Cc2nn(C)c3ccccc23)CNC1. The number of fused-ring (bicyclic) bond motifs is 1. The third-order valence-corrected chi connectivity index (χ3v) is 3.65. The van der Waals surface area contributed by atoms with E-state index in [1.807, 2.05) is 17.8 Å². The number of aryl methyl sites for hydroxylation is 1. The van der Waals surface area contributed by atoms with E-state index in [2.05, 4.69) is 28.6 Å². The molecule has 4 nitrogen and oxygen atoms in total. The van der Waals surface area contributed by atoms with E-state index in [9.17, 15) is 0 Å². The third-order valence-electron chi connectivity index (χ3n) is 3.65. The first kappa shape index (κ1) is 10.7. The first-order valence-corrected chi connectivity index (χ1v) is 5.91. The van der Waals surface area contributed by atoms with Crippen LogP contribution < -0.4 is 5.32 Å². The molecular formula is C13H17N3O. The largest absolute Gasteiger partial charge is 0.375 e. The van der Waals surface area contributed by atoms with Crippen molar-refractivity contribution in [3.63, 3.8) is 0 Å². The highest BCUT2D eigenvalue weighted by Gasteiger charge is 2.38. The van der Waals surface area contributed by atoms with Crippen molar-refractivity contribution in [3.8, 4) is 0 Å². The summed E-state index contributed by atoms with van der Waals surface area (Å²) < 4.78 is 7.57. The number of rotatable bonds is 3. The molecule has 1 fully saturated rings. The van der Waals surface area contributed by atoms with Crippen molar-refractivity contribution in [3.05, 3.63) is 30.0 Å². The van der Waals surface area contributed by atoms with Gasteiger partial charge < -0.3 is 10.1 Å². The summed E-state index contributed by atoms with van der Waals surface area (Å²) in [5, 5.41) is 9.12. The Bertz CT molecular complexity index is 537. The Balaban J connectivity index is 2.00. The van der Waals surface area contributed by atoms with Gasteiger partial charge in [0.15, 0.2) is 0 Å². The Morgan fingerprint density at radius 1 is 1.41 bits per heavy atom. The molecule has 0 amide bonds. The van der Waals surface area contributed by atoms with Gasteiger partial charge in [0.2, 0.25) is 0 Å². The molecule has 4 heteroatoms. The number of benzene rings is 1. The van der Waals surface area contributed by atoms with Crippen LogP contribution in [0.4, 0.5) is 0 Å². The number of ether oxygens (including phenoxy) is 1. The molecule has 0 saturated carbocycles. The van der Waals surface area contributed by atoms with E-state index in [4.69, 9.17) is 4.74 Å². The number of aromatic nitrogens is 2. The maximum Gasteiger partial charge on any atom is 0.0981 e. The van der Waals surface area contributed by atoms with E-state index in [1.165, 1.54) is 10.9 Å². The van der Waals surface area contributed by atoms with Crippen LogP contribution in [0.2, 0.25) is 0 Å². The predicted octanol–water partition coefficient (Wildman–Crippen LogP) is 1.10. The van der Waals surface area contributed by atoms with Crippen molar-refractivity contribution in [1.29, 1.82) is 0 Å². The van der Waals surface area contributed by atoms with E-state index in [1.54, 1.807) is 7.11 Å². The Labute approximate surface area is 101 Å². The molecule has 0 unspecified atom stereocenters. The second kappa shape index (κ2) is 3.82. The molecule has 0 bridgehead atoms. The number of nitrogens with one attached hydrogen (secondary N) is 1. The second-order valence-electron chi connectivity index (χ2n) is 4.75. The Kier molecular flexibility index (Phi) is 2.42. The van der Waals surface area contributed by atoms with Crippen LogP contribution >= 0.6 is 0 Å². The minimum Gasteiger partial charge on any atom is -0.375 e. The molecule has 0 spiro atoms. The molecule has 2 heterocycles. The molecule has 1 N–H and O–H groups in total. The zero-order chi connectivity index (χ0) is 11.9. The highest BCUT2D eigenvalue weighted by atomic mass is 16.5. The van der Waals surface area contributed by atoms with Crippen LogP contribution in [0.3, 0.4) is 0 Å². The van der Waals surface area contributed by atoms with Crippen molar-refractivity contribution < 1.29 is 4.74 Å². The standard InChI is InChI=1S/C13H17N3O/c1-16-12-6-4-3-5-10(12)11(15-16)7-13(17-2)8-14-9-13/h3-6,14H,7-9H2,1-2H3. The summed E-state index contributed by atoms with van der Waals surface area (Å²) in [6.45, 7) is 1.82. The molecule has 0 radical (unpaired) electrons. The maximum atomic E-state index is 5.62. The summed E-state index contributed by atoms with van der Waals surface area (Å²) in [4.78, 5) is 0. The van der Waals surface area contributed by atoms with Crippen LogP contribution in [-0.4, -0.2) is 35.6 Å². The lowest BCUT2D eigenvalue weighted by atomic mass is 9.90. The van der Waals surface area contributed by atoms with E-state index in [-0.39, 0.29) is 5.60 Å². The van der Waals surface area contributed by atoms with Crippen molar-refractivity contribution in [2.24, 2.45) is 7.05 Å². The van der Waals surface area contributed by atoms with Gasteiger partial charge in [0.05, 0.1) is 16.8 Å². The summed E-state index contributed by atoms with van der Waals surface area (Å²) in [6, 6.07) is 8.34. The van der Waals surface area contributed by atoms with Gasteiger partial charge in [-0.15, -0.1) is 0 Å². The monoisotopic (exact) mass is 231 g/mol. The molecule has 2 aromatic rings.